The van der Waals surface area contributed by atoms with Gasteiger partial charge in [-0.15, -0.1) is 0 Å². The van der Waals surface area contributed by atoms with Gasteiger partial charge in [-0.2, -0.15) is 0 Å². The first-order valence-electron chi connectivity index (χ1n) is 4.79. The van der Waals surface area contributed by atoms with Crippen molar-refractivity contribution in [1.82, 2.24) is 0 Å². The monoisotopic (exact) mass is 209 g/mol. The van der Waals surface area contributed by atoms with E-state index in [0.717, 1.165) is 5.75 Å². The first-order chi connectivity index (χ1) is 7.11. The van der Waals surface area contributed by atoms with E-state index in [0.29, 0.717) is 5.69 Å². The molecule has 0 aliphatic heterocycles. The summed E-state index contributed by atoms with van der Waals surface area (Å²) in [5.41, 5.74) is 0.644. The van der Waals surface area contributed by atoms with Crippen LogP contribution >= 0.6 is 0 Å². The zero-order chi connectivity index (χ0) is 11.3. The molecule has 1 rings (SSSR count). The highest BCUT2D eigenvalue weighted by Crippen LogP contribution is 2.16. The van der Waals surface area contributed by atoms with Gasteiger partial charge >= 0.3 is 0 Å². The molecule has 0 saturated carbocycles. The van der Waals surface area contributed by atoms with Gasteiger partial charge in [-0.3, -0.25) is 4.79 Å². The maximum Gasteiger partial charge on any atom is 0.250 e. The Kier molecular flexibility index (Phi) is 4.12. The molecular formula is C11H15NO3. The van der Waals surface area contributed by atoms with Crippen molar-refractivity contribution < 1.29 is 14.6 Å². The molecule has 0 unspecified atom stereocenters. The Balaban J connectivity index is 2.60. The first-order valence-corrected chi connectivity index (χ1v) is 4.79. The highest BCUT2D eigenvalue weighted by atomic mass is 16.5. The second-order valence-electron chi connectivity index (χ2n) is 3.40. The van der Waals surface area contributed by atoms with Gasteiger partial charge in [0.1, 0.15) is 12.4 Å². The van der Waals surface area contributed by atoms with Crippen molar-refractivity contribution in [2.45, 2.75) is 20.0 Å². The number of amides is 1. The first kappa shape index (κ1) is 11.5. The van der Waals surface area contributed by atoms with E-state index in [-0.39, 0.29) is 6.10 Å². The molecule has 0 spiro atoms. The Morgan fingerprint density at radius 1 is 1.40 bits per heavy atom. The van der Waals surface area contributed by atoms with Gasteiger partial charge in [-0.1, -0.05) is 0 Å². The number of nitrogens with one attached hydrogen (secondary N) is 1. The van der Waals surface area contributed by atoms with Crippen LogP contribution in [0.1, 0.15) is 13.8 Å². The van der Waals surface area contributed by atoms with E-state index < -0.39 is 12.5 Å². The van der Waals surface area contributed by atoms with Gasteiger partial charge < -0.3 is 15.2 Å². The van der Waals surface area contributed by atoms with Crippen molar-refractivity contribution in [2.24, 2.45) is 0 Å². The minimum Gasteiger partial charge on any atom is -0.491 e. The van der Waals surface area contributed by atoms with Gasteiger partial charge in [0.2, 0.25) is 5.91 Å². The molecule has 15 heavy (non-hydrogen) atoms. The molecule has 4 heteroatoms. The van der Waals surface area contributed by atoms with E-state index in [1.165, 1.54) is 0 Å². The number of carbonyl (C=O) groups is 1. The fraction of sp³-hybridized carbons (Fsp3) is 0.364. The molecule has 0 bridgehead atoms. The van der Waals surface area contributed by atoms with Crippen LogP contribution in [0, 0.1) is 0 Å². The number of carbonyl (C=O) groups excluding carboxylic acids is 1. The topological polar surface area (TPSA) is 58.6 Å². The summed E-state index contributed by atoms with van der Waals surface area (Å²) in [7, 11) is 0. The number of hydrogen-bond acceptors (Lipinski definition) is 3. The average molecular weight is 209 g/mol. The van der Waals surface area contributed by atoms with Gasteiger partial charge in [-0.05, 0) is 38.1 Å². The van der Waals surface area contributed by atoms with Crippen molar-refractivity contribution in [3.05, 3.63) is 24.3 Å². The summed E-state index contributed by atoms with van der Waals surface area (Å²) in [6.07, 6.45) is 0.128. The van der Waals surface area contributed by atoms with E-state index in [9.17, 15) is 4.79 Å². The van der Waals surface area contributed by atoms with Crippen LogP contribution in [0.25, 0.3) is 0 Å². The standard InChI is InChI=1S/C11H15NO3/c1-8(2)15-10-5-3-9(4-6-10)12-11(14)7-13/h3-6,8,13H,7H2,1-2H3,(H,12,14). The molecule has 0 atom stereocenters. The van der Waals surface area contributed by atoms with Gasteiger partial charge in [-0.25, -0.2) is 0 Å². The van der Waals surface area contributed by atoms with Gasteiger partial charge in [0.05, 0.1) is 6.10 Å². The Morgan fingerprint density at radius 3 is 2.47 bits per heavy atom. The fourth-order valence-electron chi connectivity index (χ4n) is 1.09. The lowest BCUT2D eigenvalue weighted by Gasteiger charge is -2.10. The second-order valence-corrected chi connectivity index (χ2v) is 3.40. The predicted octanol–water partition coefficient (Wildman–Crippen LogP) is 1.40. The number of aliphatic hydroxyl groups excluding tert-OH is 1. The van der Waals surface area contributed by atoms with E-state index >= 15 is 0 Å². The third-order valence-corrected chi connectivity index (χ3v) is 1.65. The fourth-order valence-corrected chi connectivity index (χ4v) is 1.09. The Bertz CT molecular complexity index is 319. The van der Waals surface area contributed by atoms with Crippen LogP contribution in [-0.2, 0) is 4.79 Å². The normalized spacial score (nSPS) is 10.1. The molecule has 0 fully saturated rings. The van der Waals surface area contributed by atoms with Gasteiger partial charge in [0.25, 0.3) is 0 Å². The maximum absolute atomic E-state index is 10.9. The lowest BCUT2D eigenvalue weighted by molar-refractivity contribution is -0.118. The van der Waals surface area contributed by atoms with Crippen molar-refractivity contribution in [3.8, 4) is 5.75 Å². The van der Waals surface area contributed by atoms with Crippen LogP contribution in [0.15, 0.2) is 24.3 Å². The number of hydrogen-bond donors (Lipinski definition) is 2. The van der Waals surface area contributed by atoms with Crippen molar-refractivity contribution in [1.29, 1.82) is 0 Å². The Hall–Kier alpha value is -1.55. The summed E-state index contributed by atoms with van der Waals surface area (Å²) in [6.45, 7) is 3.38. The van der Waals surface area contributed by atoms with Crippen LogP contribution < -0.4 is 10.1 Å². The highest BCUT2D eigenvalue weighted by molar-refractivity contribution is 5.91. The molecule has 1 amide bonds. The molecule has 4 nitrogen and oxygen atoms in total. The molecule has 0 aliphatic rings. The van der Waals surface area contributed by atoms with E-state index in [2.05, 4.69) is 5.32 Å². The second kappa shape index (κ2) is 5.36. The number of anilines is 1. The summed E-state index contributed by atoms with van der Waals surface area (Å²) >= 11 is 0. The van der Waals surface area contributed by atoms with Crippen molar-refractivity contribution in [2.75, 3.05) is 11.9 Å². The Labute approximate surface area is 88.9 Å². The zero-order valence-corrected chi connectivity index (χ0v) is 8.86. The molecule has 2 N–H and O–H groups in total. The summed E-state index contributed by atoms with van der Waals surface area (Å²) in [4.78, 5) is 10.9. The summed E-state index contributed by atoms with van der Waals surface area (Å²) in [5.74, 6) is 0.333. The van der Waals surface area contributed by atoms with Crippen LogP contribution in [0.4, 0.5) is 5.69 Å². The zero-order valence-electron chi connectivity index (χ0n) is 8.86. The molecule has 0 radical (unpaired) electrons. The third kappa shape index (κ3) is 3.99. The number of aliphatic hydroxyl groups is 1. The Morgan fingerprint density at radius 2 is 2.00 bits per heavy atom. The summed E-state index contributed by atoms with van der Waals surface area (Å²) in [5, 5.41) is 11.1. The van der Waals surface area contributed by atoms with E-state index in [1.807, 2.05) is 13.8 Å². The molecule has 0 aromatic heterocycles. The van der Waals surface area contributed by atoms with E-state index in [1.54, 1.807) is 24.3 Å². The summed E-state index contributed by atoms with van der Waals surface area (Å²) < 4.78 is 5.44. The molecule has 0 heterocycles. The lowest BCUT2D eigenvalue weighted by Crippen LogP contribution is -2.15. The third-order valence-electron chi connectivity index (χ3n) is 1.65. The van der Waals surface area contributed by atoms with Crippen LogP contribution in [0.5, 0.6) is 5.75 Å². The molecule has 82 valence electrons. The number of rotatable bonds is 4. The number of ether oxygens (including phenoxy) is 1. The quantitative estimate of drug-likeness (QED) is 0.788. The largest absolute Gasteiger partial charge is 0.491 e. The predicted molar refractivity (Wildman–Crippen MR) is 57.9 cm³/mol. The highest BCUT2D eigenvalue weighted by Gasteiger charge is 2.00. The van der Waals surface area contributed by atoms with Gasteiger partial charge in [0, 0.05) is 5.69 Å². The minimum atomic E-state index is -0.510. The van der Waals surface area contributed by atoms with Crippen molar-refractivity contribution in [3.63, 3.8) is 0 Å². The van der Waals surface area contributed by atoms with Gasteiger partial charge in [0.15, 0.2) is 0 Å². The maximum atomic E-state index is 10.9. The van der Waals surface area contributed by atoms with E-state index in [4.69, 9.17) is 9.84 Å². The molecule has 0 saturated heterocycles. The number of benzene rings is 1. The SMILES string of the molecule is CC(C)Oc1ccc(NC(=O)CO)cc1. The smallest absolute Gasteiger partial charge is 0.250 e. The summed E-state index contributed by atoms with van der Waals surface area (Å²) in [6, 6.07) is 7.00. The van der Waals surface area contributed by atoms with Crippen LogP contribution in [-0.4, -0.2) is 23.7 Å². The minimum absolute atomic E-state index is 0.128. The molecule has 1 aromatic carbocycles. The molecule has 1 aromatic rings. The molecular weight excluding hydrogens is 194 g/mol. The molecule has 0 aliphatic carbocycles. The van der Waals surface area contributed by atoms with Crippen LogP contribution in [0.2, 0.25) is 0 Å². The van der Waals surface area contributed by atoms with Crippen molar-refractivity contribution >= 4 is 11.6 Å². The average Bonchev–Trinajstić information content (AvgIpc) is 2.20. The lowest BCUT2D eigenvalue weighted by atomic mass is 10.3. The van der Waals surface area contributed by atoms with Crippen LogP contribution in [0.3, 0.4) is 0 Å².